The summed E-state index contributed by atoms with van der Waals surface area (Å²) in [7, 11) is 0. The molecule has 3 rings (SSSR count). The van der Waals surface area contributed by atoms with Crippen LogP contribution in [0.2, 0.25) is 0 Å². The quantitative estimate of drug-likeness (QED) is 0.873. The van der Waals surface area contributed by atoms with Gasteiger partial charge in [0.1, 0.15) is 0 Å². The van der Waals surface area contributed by atoms with Crippen LogP contribution in [-0.2, 0) is 11.3 Å². The van der Waals surface area contributed by atoms with E-state index in [0.29, 0.717) is 31.0 Å². The number of rotatable bonds is 6. The maximum atomic E-state index is 12.2. The fraction of sp³-hybridized carbons (Fsp3) is 0.579. The van der Waals surface area contributed by atoms with Crippen LogP contribution in [0, 0.1) is 0 Å². The fourth-order valence-electron chi connectivity index (χ4n) is 3.48. The zero-order valence-electron chi connectivity index (χ0n) is 15.0. The molecular weight excluding hydrogens is 318 g/mol. The van der Waals surface area contributed by atoms with Crippen molar-refractivity contribution in [3.05, 3.63) is 34.8 Å². The number of nitrogens with one attached hydrogen (secondary N) is 1. The summed E-state index contributed by atoms with van der Waals surface area (Å²) in [6.07, 6.45) is 3.07. The van der Waals surface area contributed by atoms with Crippen molar-refractivity contribution in [3.8, 4) is 0 Å². The summed E-state index contributed by atoms with van der Waals surface area (Å²) in [5.41, 5.74) is 1.38. The number of benzene rings is 1. The van der Waals surface area contributed by atoms with E-state index in [1.54, 1.807) is 10.6 Å². The summed E-state index contributed by atoms with van der Waals surface area (Å²) in [5.74, 6) is -0.286. The number of fused-ring (bicyclic) bond motifs is 1. The predicted octanol–water partition coefficient (Wildman–Crippen LogP) is 2.36. The third-order valence-corrected chi connectivity index (χ3v) is 4.98. The molecule has 6 heteroatoms. The van der Waals surface area contributed by atoms with Crippen LogP contribution in [0.15, 0.2) is 33.5 Å². The van der Waals surface area contributed by atoms with E-state index >= 15 is 0 Å². The molecule has 1 saturated heterocycles. The number of carbonyl (C=O) groups excluding carboxylic acids is 1. The van der Waals surface area contributed by atoms with Gasteiger partial charge >= 0.3 is 5.76 Å². The van der Waals surface area contributed by atoms with Gasteiger partial charge in [0.2, 0.25) is 5.91 Å². The van der Waals surface area contributed by atoms with E-state index in [9.17, 15) is 9.59 Å². The molecule has 1 amide bonds. The lowest BCUT2D eigenvalue weighted by atomic mass is 10.0. The molecule has 6 nitrogen and oxygen atoms in total. The second-order valence-corrected chi connectivity index (χ2v) is 7.06. The molecule has 1 N–H and O–H groups in total. The van der Waals surface area contributed by atoms with Gasteiger partial charge in [0, 0.05) is 38.1 Å². The fourth-order valence-corrected chi connectivity index (χ4v) is 3.48. The highest BCUT2D eigenvalue weighted by Crippen LogP contribution is 2.14. The van der Waals surface area contributed by atoms with Crippen LogP contribution in [-0.4, -0.2) is 40.5 Å². The van der Waals surface area contributed by atoms with Crippen molar-refractivity contribution in [3.63, 3.8) is 0 Å². The Morgan fingerprint density at radius 1 is 1.28 bits per heavy atom. The van der Waals surface area contributed by atoms with Gasteiger partial charge in [-0.05, 0) is 45.2 Å². The molecule has 0 atom stereocenters. The van der Waals surface area contributed by atoms with Gasteiger partial charge in [0.15, 0.2) is 5.58 Å². The first kappa shape index (κ1) is 17.7. The Kier molecular flexibility index (Phi) is 5.58. The van der Waals surface area contributed by atoms with Crippen molar-refractivity contribution < 1.29 is 9.21 Å². The Morgan fingerprint density at radius 3 is 2.72 bits per heavy atom. The van der Waals surface area contributed by atoms with Crippen LogP contribution in [0.25, 0.3) is 11.1 Å². The lowest BCUT2D eigenvalue weighted by Gasteiger charge is -2.34. The maximum Gasteiger partial charge on any atom is 0.419 e. The number of likely N-dealkylation sites (tertiary alicyclic amines) is 1. The lowest BCUT2D eigenvalue weighted by molar-refractivity contribution is -0.122. The number of hydrogen-bond donors (Lipinski definition) is 1. The van der Waals surface area contributed by atoms with Crippen molar-refractivity contribution >= 4 is 17.0 Å². The molecule has 0 radical (unpaired) electrons. The number of oxazole rings is 1. The average Bonchev–Trinajstić information content (AvgIpc) is 2.91. The van der Waals surface area contributed by atoms with Gasteiger partial charge in [0.25, 0.3) is 0 Å². The van der Waals surface area contributed by atoms with E-state index in [1.165, 1.54) is 0 Å². The number of para-hydroxylation sites is 2. The van der Waals surface area contributed by atoms with Gasteiger partial charge in [-0.1, -0.05) is 12.1 Å². The van der Waals surface area contributed by atoms with Crippen LogP contribution in [0.5, 0.6) is 0 Å². The molecule has 2 heterocycles. The Bertz CT molecular complexity index is 770. The molecule has 1 aliphatic heterocycles. The van der Waals surface area contributed by atoms with Crippen LogP contribution in [0.4, 0.5) is 0 Å². The Morgan fingerprint density at radius 2 is 2.00 bits per heavy atom. The van der Waals surface area contributed by atoms with E-state index in [1.807, 2.05) is 18.2 Å². The van der Waals surface area contributed by atoms with Gasteiger partial charge in [0.05, 0.1) is 5.52 Å². The third-order valence-electron chi connectivity index (χ3n) is 4.98. The van der Waals surface area contributed by atoms with Crippen molar-refractivity contribution in [1.82, 2.24) is 14.8 Å². The van der Waals surface area contributed by atoms with E-state index in [0.717, 1.165) is 31.4 Å². The van der Waals surface area contributed by atoms with Crippen LogP contribution >= 0.6 is 0 Å². The average molecular weight is 345 g/mol. The monoisotopic (exact) mass is 345 g/mol. The molecular formula is C19H27N3O3. The number of aryl methyl sites for hydroxylation is 1. The molecule has 1 aliphatic rings. The second kappa shape index (κ2) is 7.87. The largest absolute Gasteiger partial charge is 0.419 e. The summed E-state index contributed by atoms with van der Waals surface area (Å²) >= 11 is 0. The Balaban J connectivity index is 1.45. The first-order valence-corrected chi connectivity index (χ1v) is 9.16. The van der Waals surface area contributed by atoms with Crippen molar-refractivity contribution in [1.29, 1.82) is 0 Å². The van der Waals surface area contributed by atoms with Crippen LogP contribution in [0.3, 0.4) is 0 Å². The number of aromatic nitrogens is 1. The van der Waals surface area contributed by atoms with Gasteiger partial charge in [-0.25, -0.2) is 4.79 Å². The highest BCUT2D eigenvalue weighted by atomic mass is 16.4. The molecule has 1 aromatic carbocycles. The SMILES string of the molecule is CC(C)N1CCC(NC(=O)CCCn2c(=O)oc3ccccc32)CC1. The number of carbonyl (C=O) groups is 1. The predicted molar refractivity (Wildman–Crippen MR) is 97.6 cm³/mol. The maximum absolute atomic E-state index is 12.2. The first-order valence-electron chi connectivity index (χ1n) is 9.16. The van der Waals surface area contributed by atoms with Crippen molar-refractivity contribution in [2.45, 2.75) is 58.2 Å². The molecule has 1 aromatic heterocycles. The van der Waals surface area contributed by atoms with Crippen LogP contribution in [0.1, 0.15) is 39.5 Å². The first-order chi connectivity index (χ1) is 12.0. The highest BCUT2D eigenvalue weighted by molar-refractivity contribution is 5.76. The zero-order chi connectivity index (χ0) is 17.8. The minimum Gasteiger partial charge on any atom is -0.408 e. The summed E-state index contributed by atoms with van der Waals surface area (Å²) in [6.45, 7) is 6.99. The standard InChI is InChI=1S/C19H27N3O3/c1-14(2)21-12-9-15(10-13-21)20-18(23)8-5-11-22-16-6-3-4-7-17(16)25-19(22)24/h3-4,6-7,14-15H,5,8-13H2,1-2H3,(H,20,23). The number of nitrogens with zero attached hydrogens (tertiary/aromatic N) is 2. The molecule has 0 saturated carbocycles. The van der Waals surface area contributed by atoms with Gasteiger partial charge in [-0.2, -0.15) is 0 Å². The van der Waals surface area contributed by atoms with Crippen LogP contribution < -0.4 is 11.1 Å². The lowest BCUT2D eigenvalue weighted by Crippen LogP contribution is -2.46. The molecule has 0 bridgehead atoms. The molecule has 0 aliphatic carbocycles. The zero-order valence-corrected chi connectivity index (χ0v) is 15.0. The summed E-state index contributed by atoms with van der Waals surface area (Å²) in [4.78, 5) is 26.5. The molecule has 1 fully saturated rings. The van der Waals surface area contributed by atoms with E-state index in [2.05, 4.69) is 24.1 Å². The minimum absolute atomic E-state index is 0.0730. The minimum atomic E-state index is -0.359. The number of hydrogen-bond acceptors (Lipinski definition) is 4. The molecule has 0 unspecified atom stereocenters. The normalized spacial score (nSPS) is 16.6. The molecule has 25 heavy (non-hydrogen) atoms. The summed E-state index contributed by atoms with van der Waals surface area (Å²) < 4.78 is 6.81. The second-order valence-electron chi connectivity index (χ2n) is 7.06. The van der Waals surface area contributed by atoms with E-state index in [4.69, 9.17) is 4.42 Å². The van der Waals surface area contributed by atoms with Gasteiger partial charge in [-0.3, -0.25) is 9.36 Å². The van der Waals surface area contributed by atoms with Crippen molar-refractivity contribution in [2.75, 3.05) is 13.1 Å². The van der Waals surface area contributed by atoms with Crippen molar-refractivity contribution in [2.24, 2.45) is 0 Å². The van der Waals surface area contributed by atoms with Gasteiger partial charge in [-0.15, -0.1) is 0 Å². The Hall–Kier alpha value is -2.08. The van der Waals surface area contributed by atoms with Gasteiger partial charge < -0.3 is 14.6 Å². The molecule has 2 aromatic rings. The van der Waals surface area contributed by atoms with E-state index in [-0.39, 0.29) is 17.7 Å². The smallest absolute Gasteiger partial charge is 0.408 e. The molecule has 0 spiro atoms. The topological polar surface area (TPSA) is 67.5 Å². The third kappa shape index (κ3) is 4.31. The summed E-state index contributed by atoms with van der Waals surface area (Å²) in [5, 5.41) is 3.13. The summed E-state index contributed by atoms with van der Waals surface area (Å²) in [6, 6.07) is 8.21. The Labute approximate surface area is 147 Å². The number of piperidine rings is 1. The van der Waals surface area contributed by atoms with E-state index < -0.39 is 0 Å². The number of amides is 1. The molecule has 136 valence electrons. The highest BCUT2D eigenvalue weighted by Gasteiger charge is 2.21.